The van der Waals surface area contributed by atoms with E-state index >= 15 is 0 Å². The summed E-state index contributed by atoms with van der Waals surface area (Å²) in [6.45, 7) is 0. The fourth-order valence-electron chi connectivity index (χ4n) is 10.0. The minimum Gasteiger partial charge on any atom is -0.309 e. The molecule has 1 aliphatic heterocycles. The van der Waals surface area contributed by atoms with Gasteiger partial charge in [-0.15, -0.1) is 0 Å². The second kappa shape index (κ2) is 10.7. The van der Waals surface area contributed by atoms with Gasteiger partial charge >= 0.3 is 0 Å². The van der Waals surface area contributed by atoms with Crippen LogP contribution in [0.4, 0.5) is 0 Å². The van der Waals surface area contributed by atoms with Gasteiger partial charge in [0.15, 0.2) is 0 Å². The molecule has 2 aliphatic rings. The third-order valence-corrected chi connectivity index (χ3v) is 13.2. The summed E-state index contributed by atoms with van der Waals surface area (Å²) in [6.07, 6.45) is 0. The van der Waals surface area contributed by atoms with Crippen LogP contribution < -0.4 is 0 Å². The van der Waals surface area contributed by atoms with Crippen molar-refractivity contribution in [1.82, 2.24) is 18.5 Å². The molecule has 4 heterocycles. The monoisotopic (exact) mass is 718 g/mol. The number of rotatable bonds is 2. The normalized spacial score (nSPS) is 13.9. The Bertz CT molecular complexity index is 3390. The smallest absolute Gasteiger partial charge is 0.220 e. The molecule has 0 N–H and O–H groups in total. The average Bonchev–Trinajstić information content (AvgIpc) is 3.96. The first-order chi connectivity index (χ1) is 27.3. The standard InChI is InChI=1S/C50H30N4S/c1-4-17-36-32(14-1)33-15-2-5-18-37(33)50(36)38-19-6-12-26-46(38)55-47-27-13-25-45(48(47)50)53-40-21-8-3-16-34(40)35-30-31(28-29-41(35)53)52-43-23-10-11-24-44(43)54-42-22-9-7-20-39(42)51-49(52)54/h1-30H. The van der Waals surface area contributed by atoms with Crippen molar-refractivity contribution < 1.29 is 0 Å². The maximum Gasteiger partial charge on any atom is 0.220 e. The second-order valence-electron chi connectivity index (χ2n) is 14.7. The molecule has 0 saturated heterocycles. The molecule has 1 aliphatic carbocycles. The zero-order chi connectivity index (χ0) is 35.8. The van der Waals surface area contributed by atoms with Gasteiger partial charge in [-0.3, -0.25) is 8.97 Å². The minimum atomic E-state index is -0.489. The van der Waals surface area contributed by atoms with Crippen LogP contribution in [0.15, 0.2) is 192 Å². The van der Waals surface area contributed by atoms with Crippen molar-refractivity contribution in [1.29, 1.82) is 0 Å². The number of benzene rings is 8. The van der Waals surface area contributed by atoms with Gasteiger partial charge in [-0.1, -0.05) is 127 Å². The summed E-state index contributed by atoms with van der Waals surface area (Å²) in [5.41, 5.74) is 16.5. The molecule has 5 heteroatoms. The van der Waals surface area contributed by atoms with Crippen molar-refractivity contribution in [3.8, 4) is 22.5 Å². The van der Waals surface area contributed by atoms with E-state index in [1.807, 2.05) is 11.8 Å². The molecule has 0 radical (unpaired) electrons. The highest BCUT2D eigenvalue weighted by molar-refractivity contribution is 7.99. The molecule has 8 aromatic carbocycles. The predicted molar refractivity (Wildman–Crippen MR) is 225 cm³/mol. The molecule has 3 aromatic heterocycles. The topological polar surface area (TPSA) is 27.2 Å². The van der Waals surface area contributed by atoms with Gasteiger partial charge in [-0.05, 0) is 94.5 Å². The van der Waals surface area contributed by atoms with Crippen molar-refractivity contribution in [2.24, 2.45) is 0 Å². The molecule has 1 spiro atoms. The van der Waals surface area contributed by atoms with Crippen LogP contribution in [-0.2, 0) is 5.41 Å². The molecule has 13 rings (SSSR count). The van der Waals surface area contributed by atoms with Crippen LogP contribution in [0.3, 0.4) is 0 Å². The molecule has 55 heavy (non-hydrogen) atoms. The van der Waals surface area contributed by atoms with Crippen LogP contribution in [0, 0.1) is 0 Å². The largest absolute Gasteiger partial charge is 0.309 e. The maximum absolute atomic E-state index is 5.19. The van der Waals surface area contributed by atoms with E-state index in [9.17, 15) is 0 Å². The van der Waals surface area contributed by atoms with Crippen LogP contribution in [0.1, 0.15) is 22.3 Å². The molecule has 0 saturated carbocycles. The zero-order valence-corrected chi connectivity index (χ0v) is 30.3. The number of hydrogen-bond acceptors (Lipinski definition) is 2. The third-order valence-electron chi connectivity index (χ3n) is 12.1. The third kappa shape index (κ3) is 3.66. The number of imidazole rings is 2. The van der Waals surface area contributed by atoms with Gasteiger partial charge in [0.05, 0.1) is 44.2 Å². The SMILES string of the molecule is c1ccc2c(c1)Sc1cccc(-n3c4ccccc4c4cc(-n5c6ccccc6n6c7ccccc7nc56)ccc43)c1C21c2ccccc2-c2ccccc21. The summed E-state index contributed by atoms with van der Waals surface area (Å²) in [6, 6.07) is 67.0. The van der Waals surface area contributed by atoms with Gasteiger partial charge in [0.2, 0.25) is 5.78 Å². The second-order valence-corrected chi connectivity index (χ2v) is 15.8. The van der Waals surface area contributed by atoms with Crippen molar-refractivity contribution in [3.05, 3.63) is 204 Å². The molecule has 256 valence electrons. The van der Waals surface area contributed by atoms with Gasteiger partial charge < -0.3 is 4.57 Å². The van der Waals surface area contributed by atoms with E-state index in [0.717, 1.165) is 33.5 Å². The number of hydrogen-bond donors (Lipinski definition) is 0. The number of para-hydroxylation sites is 5. The summed E-state index contributed by atoms with van der Waals surface area (Å²) >= 11 is 1.89. The lowest BCUT2D eigenvalue weighted by Gasteiger charge is -2.41. The quantitative estimate of drug-likeness (QED) is 0.178. The molecule has 0 atom stereocenters. The van der Waals surface area contributed by atoms with Crippen LogP contribution in [-0.4, -0.2) is 18.5 Å². The Kier molecular flexibility index (Phi) is 5.74. The van der Waals surface area contributed by atoms with Crippen LogP contribution in [0.2, 0.25) is 0 Å². The number of aromatic nitrogens is 4. The molecule has 0 amide bonds. The van der Waals surface area contributed by atoms with E-state index in [0.29, 0.717) is 0 Å². The molecule has 4 nitrogen and oxygen atoms in total. The fraction of sp³-hybridized carbons (Fsp3) is 0.0200. The Hall–Kier alpha value is -6.82. The van der Waals surface area contributed by atoms with Crippen LogP contribution in [0.5, 0.6) is 0 Å². The van der Waals surface area contributed by atoms with E-state index < -0.39 is 5.41 Å². The van der Waals surface area contributed by atoms with E-state index in [1.165, 1.54) is 70.7 Å². The lowest BCUT2D eigenvalue weighted by molar-refractivity contribution is 0.716. The van der Waals surface area contributed by atoms with Crippen molar-refractivity contribution >= 4 is 61.4 Å². The van der Waals surface area contributed by atoms with Gasteiger partial charge in [0.1, 0.15) is 0 Å². The molecule has 11 aromatic rings. The van der Waals surface area contributed by atoms with Crippen LogP contribution >= 0.6 is 11.8 Å². The highest BCUT2D eigenvalue weighted by Crippen LogP contribution is 2.63. The Morgan fingerprint density at radius 3 is 1.87 bits per heavy atom. The van der Waals surface area contributed by atoms with Gasteiger partial charge in [0, 0.05) is 31.8 Å². The Morgan fingerprint density at radius 1 is 0.436 bits per heavy atom. The Labute approximate surface area is 320 Å². The maximum atomic E-state index is 5.19. The number of fused-ring (bicyclic) bond motifs is 17. The molecule has 0 fully saturated rings. The molecular weight excluding hydrogens is 689 g/mol. The highest BCUT2D eigenvalue weighted by atomic mass is 32.2. The summed E-state index contributed by atoms with van der Waals surface area (Å²) < 4.78 is 7.14. The lowest BCUT2D eigenvalue weighted by Crippen LogP contribution is -2.33. The Balaban J connectivity index is 1.13. The highest BCUT2D eigenvalue weighted by Gasteiger charge is 2.51. The van der Waals surface area contributed by atoms with Crippen LogP contribution in [0.25, 0.3) is 72.2 Å². The van der Waals surface area contributed by atoms with Crippen molar-refractivity contribution in [3.63, 3.8) is 0 Å². The summed E-state index contributed by atoms with van der Waals surface area (Å²) in [7, 11) is 0. The first-order valence-corrected chi connectivity index (χ1v) is 19.6. The van der Waals surface area contributed by atoms with E-state index in [2.05, 4.69) is 196 Å². The summed E-state index contributed by atoms with van der Waals surface area (Å²) in [4.78, 5) is 7.78. The number of nitrogens with zero attached hydrogens (tertiary/aromatic N) is 4. The molecule has 0 unspecified atom stereocenters. The summed E-state index contributed by atoms with van der Waals surface area (Å²) in [5, 5.41) is 2.44. The lowest BCUT2D eigenvalue weighted by atomic mass is 9.66. The first kappa shape index (κ1) is 29.6. The van der Waals surface area contributed by atoms with Gasteiger partial charge in [-0.2, -0.15) is 0 Å². The van der Waals surface area contributed by atoms with Crippen molar-refractivity contribution in [2.75, 3.05) is 0 Å². The minimum absolute atomic E-state index is 0.489. The zero-order valence-electron chi connectivity index (χ0n) is 29.5. The average molecular weight is 719 g/mol. The van der Waals surface area contributed by atoms with E-state index in [-0.39, 0.29) is 0 Å². The van der Waals surface area contributed by atoms with E-state index in [4.69, 9.17) is 4.98 Å². The molecule has 0 bridgehead atoms. The van der Waals surface area contributed by atoms with Crippen molar-refractivity contribution in [2.45, 2.75) is 15.2 Å². The molecular formula is C50H30N4S. The first-order valence-electron chi connectivity index (χ1n) is 18.8. The van der Waals surface area contributed by atoms with Gasteiger partial charge in [0.25, 0.3) is 0 Å². The fourth-order valence-corrected chi connectivity index (χ4v) is 11.3. The summed E-state index contributed by atoms with van der Waals surface area (Å²) in [5.74, 6) is 0.916. The Morgan fingerprint density at radius 2 is 1.05 bits per heavy atom. The van der Waals surface area contributed by atoms with E-state index in [1.54, 1.807) is 0 Å². The predicted octanol–water partition coefficient (Wildman–Crippen LogP) is 12.4. The van der Waals surface area contributed by atoms with Gasteiger partial charge in [-0.25, -0.2) is 4.98 Å².